The summed E-state index contributed by atoms with van der Waals surface area (Å²) in [5, 5.41) is 12.0. The topological polar surface area (TPSA) is 41.5 Å². The van der Waals surface area contributed by atoms with E-state index < -0.39 is 0 Å². The molecule has 12 heavy (non-hydrogen) atoms. The average molecular weight is 173 g/mol. The van der Waals surface area contributed by atoms with Crippen LogP contribution in [0.2, 0.25) is 0 Å². The van der Waals surface area contributed by atoms with E-state index in [1.807, 2.05) is 7.05 Å². The lowest BCUT2D eigenvalue weighted by molar-refractivity contribution is 0.0279. The summed E-state index contributed by atoms with van der Waals surface area (Å²) in [5.41, 5.74) is 0. The van der Waals surface area contributed by atoms with Crippen molar-refractivity contribution in [1.82, 2.24) is 5.32 Å². The van der Waals surface area contributed by atoms with Gasteiger partial charge in [0, 0.05) is 12.6 Å². The van der Waals surface area contributed by atoms with Crippen molar-refractivity contribution >= 4 is 0 Å². The third-order valence-corrected chi connectivity index (χ3v) is 2.52. The van der Waals surface area contributed by atoms with Crippen molar-refractivity contribution in [1.29, 1.82) is 0 Å². The minimum atomic E-state index is 0.236. The number of rotatable bonds is 4. The average Bonchev–Trinajstić information content (AvgIpc) is 2.47. The van der Waals surface area contributed by atoms with Crippen LogP contribution in [0.4, 0.5) is 0 Å². The van der Waals surface area contributed by atoms with Crippen LogP contribution in [-0.2, 0) is 4.74 Å². The molecular weight excluding hydrogens is 154 g/mol. The lowest BCUT2D eigenvalue weighted by atomic mass is 10.1. The largest absolute Gasteiger partial charge is 0.396 e. The van der Waals surface area contributed by atoms with Gasteiger partial charge in [-0.1, -0.05) is 0 Å². The third kappa shape index (κ3) is 2.44. The predicted octanol–water partition coefficient (Wildman–Crippen LogP) is 0.524. The fourth-order valence-corrected chi connectivity index (χ4v) is 1.78. The van der Waals surface area contributed by atoms with E-state index in [0.29, 0.717) is 18.2 Å². The first-order chi connectivity index (χ1) is 5.77. The molecule has 0 bridgehead atoms. The summed E-state index contributed by atoms with van der Waals surface area (Å²) in [6.07, 6.45) is 3.75. The monoisotopic (exact) mass is 173 g/mol. The Labute approximate surface area is 74.1 Å². The van der Waals surface area contributed by atoms with Crippen molar-refractivity contribution in [3.63, 3.8) is 0 Å². The highest BCUT2D eigenvalue weighted by Gasteiger charge is 2.27. The molecule has 0 saturated carbocycles. The molecule has 3 nitrogen and oxygen atoms in total. The van der Waals surface area contributed by atoms with Gasteiger partial charge >= 0.3 is 0 Å². The van der Waals surface area contributed by atoms with Crippen LogP contribution >= 0.6 is 0 Å². The van der Waals surface area contributed by atoms with Crippen LogP contribution in [0.1, 0.15) is 26.2 Å². The van der Waals surface area contributed by atoms with Gasteiger partial charge < -0.3 is 15.2 Å². The molecule has 1 saturated heterocycles. The maximum Gasteiger partial charge on any atom is 0.0733 e. The summed E-state index contributed by atoms with van der Waals surface area (Å²) in [7, 11) is 1.92. The van der Waals surface area contributed by atoms with Crippen LogP contribution in [0, 0.1) is 0 Å². The molecule has 1 rings (SSSR count). The summed E-state index contributed by atoms with van der Waals surface area (Å²) < 4.78 is 5.69. The first kappa shape index (κ1) is 9.96. The number of aliphatic hydroxyl groups is 1. The van der Waals surface area contributed by atoms with E-state index in [9.17, 15) is 0 Å². The molecule has 0 aliphatic carbocycles. The van der Waals surface area contributed by atoms with Crippen LogP contribution in [-0.4, -0.2) is 37.0 Å². The first-order valence-electron chi connectivity index (χ1n) is 4.71. The molecule has 1 heterocycles. The van der Waals surface area contributed by atoms with Gasteiger partial charge in [-0.3, -0.25) is 0 Å². The number of nitrogens with one attached hydrogen (secondary N) is 1. The Kier molecular flexibility index (Phi) is 3.98. The van der Waals surface area contributed by atoms with Crippen LogP contribution in [0.3, 0.4) is 0 Å². The number of likely N-dealkylation sites (N-methyl/N-ethyl adjacent to an activating group) is 1. The molecule has 1 fully saturated rings. The summed E-state index contributed by atoms with van der Waals surface area (Å²) in [6.45, 7) is 2.34. The van der Waals surface area contributed by atoms with Gasteiger partial charge in [0.2, 0.25) is 0 Å². The smallest absolute Gasteiger partial charge is 0.0733 e. The highest BCUT2D eigenvalue weighted by Crippen LogP contribution is 2.22. The summed E-state index contributed by atoms with van der Waals surface area (Å²) in [6, 6.07) is 0.319. The Balaban J connectivity index is 2.33. The Bertz CT molecular complexity index is 128. The first-order valence-corrected chi connectivity index (χ1v) is 4.71. The molecule has 1 aliphatic heterocycles. The maximum absolute atomic E-state index is 8.80. The Morgan fingerprint density at radius 3 is 2.75 bits per heavy atom. The SMILES string of the molecule is CNC(CCO)C1CCC(C)O1. The van der Waals surface area contributed by atoms with Crippen molar-refractivity contribution in [3.8, 4) is 0 Å². The fourth-order valence-electron chi connectivity index (χ4n) is 1.78. The van der Waals surface area contributed by atoms with E-state index in [4.69, 9.17) is 9.84 Å². The molecule has 0 aromatic heterocycles. The zero-order valence-electron chi connectivity index (χ0n) is 7.92. The molecule has 1 aliphatic rings. The summed E-state index contributed by atoms with van der Waals surface area (Å²) in [4.78, 5) is 0. The van der Waals surface area contributed by atoms with Gasteiger partial charge in [0.25, 0.3) is 0 Å². The van der Waals surface area contributed by atoms with Crippen molar-refractivity contribution in [2.75, 3.05) is 13.7 Å². The Morgan fingerprint density at radius 2 is 2.33 bits per heavy atom. The third-order valence-electron chi connectivity index (χ3n) is 2.52. The second kappa shape index (κ2) is 4.80. The summed E-state index contributed by atoms with van der Waals surface area (Å²) in [5.74, 6) is 0. The Morgan fingerprint density at radius 1 is 1.58 bits per heavy atom. The van der Waals surface area contributed by atoms with Crippen molar-refractivity contribution in [2.24, 2.45) is 0 Å². The molecule has 2 N–H and O–H groups in total. The van der Waals surface area contributed by atoms with E-state index in [0.717, 1.165) is 19.3 Å². The van der Waals surface area contributed by atoms with E-state index in [-0.39, 0.29) is 6.61 Å². The normalized spacial score (nSPS) is 32.2. The second-order valence-electron chi connectivity index (χ2n) is 3.47. The molecule has 3 heteroatoms. The van der Waals surface area contributed by atoms with Gasteiger partial charge in [-0.2, -0.15) is 0 Å². The molecule has 0 aromatic rings. The number of hydrogen-bond donors (Lipinski definition) is 2. The predicted molar refractivity (Wildman–Crippen MR) is 48.1 cm³/mol. The van der Waals surface area contributed by atoms with E-state index >= 15 is 0 Å². The minimum Gasteiger partial charge on any atom is -0.396 e. The standard InChI is InChI=1S/C9H19NO2/c1-7-3-4-9(12-7)8(10-2)5-6-11/h7-11H,3-6H2,1-2H3. The molecule has 0 aromatic carbocycles. The second-order valence-corrected chi connectivity index (χ2v) is 3.47. The van der Waals surface area contributed by atoms with E-state index in [1.54, 1.807) is 0 Å². The molecular formula is C9H19NO2. The highest BCUT2D eigenvalue weighted by atomic mass is 16.5. The van der Waals surface area contributed by atoms with Crippen LogP contribution in [0.15, 0.2) is 0 Å². The van der Waals surface area contributed by atoms with Crippen LogP contribution in [0.25, 0.3) is 0 Å². The van der Waals surface area contributed by atoms with Gasteiger partial charge in [0.05, 0.1) is 12.2 Å². The minimum absolute atomic E-state index is 0.236. The van der Waals surface area contributed by atoms with E-state index in [1.165, 1.54) is 0 Å². The van der Waals surface area contributed by atoms with Crippen LogP contribution in [0.5, 0.6) is 0 Å². The molecule has 3 atom stereocenters. The van der Waals surface area contributed by atoms with E-state index in [2.05, 4.69) is 12.2 Å². The number of ether oxygens (including phenoxy) is 1. The highest BCUT2D eigenvalue weighted by molar-refractivity contribution is 4.81. The maximum atomic E-state index is 8.80. The molecule has 0 amide bonds. The quantitative estimate of drug-likeness (QED) is 0.651. The fraction of sp³-hybridized carbons (Fsp3) is 1.00. The molecule has 0 spiro atoms. The number of aliphatic hydroxyl groups excluding tert-OH is 1. The van der Waals surface area contributed by atoms with Gasteiger partial charge in [0.15, 0.2) is 0 Å². The van der Waals surface area contributed by atoms with Crippen molar-refractivity contribution in [3.05, 3.63) is 0 Å². The van der Waals surface area contributed by atoms with Gasteiger partial charge in [-0.25, -0.2) is 0 Å². The molecule has 0 radical (unpaired) electrons. The van der Waals surface area contributed by atoms with Crippen molar-refractivity contribution in [2.45, 2.75) is 44.4 Å². The molecule has 3 unspecified atom stereocenters. The zero-order valence-corrected chi connectivity index (χ0v) is 7.92. The molecule has 72 valence electrons. The number of hydrogen-bond acceptors (Lipinski definition) is 3. The van der Waals surface area contributed by atoms with Gasteiger partial charge in [-0.05, 0) is 33.2 Å². The summed E-state index contributed by atoms with van der Waals surface area (Å²) >= 11 is 0. The Hall–Kier alpha value is -0.120. The van der Waals surface area contributed by atoms with Gasteiger partial charge in [-0.15, -0.1) is 0 Å². The lowest BCUT2D eigenvalue weighted by Gasteiger charge is -2.22. The van der Waals surface area contributed by atoms with Gasteiger partial charge in [0.1, 0.15) is 0 Å². The van der Waals surface area contributed by atoms with Crippen molar-refractivity contribution < 1.29 is 9.84 Å². The lowest BCUT2D eigenvalue weighted by Crippen LogP contribution is -2.38. The van der Waals surface area contributed by atoms with Crippen LogP contribution < -0.4 is 5.32 Å². The zero-order chi connectivity index (χ0) is 8.97.